The van der Waals surface area contributed by atoms with E-state index < -0.39 is 10.0 Å². The van der Waals surface area contributed by atoms with Gasteiger partial charge in [-0.05, 0) is 44.4 Å². The lowest BCUT2D eigenvalue weighted by molar-refractivity contribution is -0.153. The Labute approximate surface area is 114 Å². The Morgan fingerprint density at radius 2 is 1.89 bits per heavy atom. The topological polar surface area (TPSA) is 72.5 Å². The van der Waals surface area contributed by atoms with E-state index in [4.69, 9.17) is 4.74 Å². The fourth-order valence-electron chi connectivity index (χ4n) is 3.18. The first-order valence-electron chi connectivity index (χ1n) is 6.60. The van der Waals surface area contributed by atoms with Gasteiger partial charge in [-0.1, -0.05) is 6.58 Å². The first kappa shape index (κ1) is 14.5. The number of sulfonamides is 1. The first-order chi connectivity index (χ1) is 8.76. The summed E-state index contributed by atoms with van der Waals surface area (Å²) in [6.07, 6.45) is 4.61. The molecule has 0 saturated heterocycles. The summed E-state index contributed by atoms with van der Waals surface area (Å²) in [5.41, 5.74) is 0.409. The molecule has 1 N–H and O–H groups in total. The third-order valence-electron chi connectivity index (χ3n) is 4.07. The van der Waals surface area contributed by atoms with E-state index in [-0.39, 0.29) is 30.0 Å². The number of fused-ring (bicyclic) bond motifs is 3. The molecule has 0 aromatic carbocycles. The normalized spacial score (nSPS) is 34.0. The van der Waals surface area contributed by atoms with E-state index in [0.717, 1.165) is 25.7 Å². The molecule has 3 aliphatic carbocycles. The van der Waals surface area contributed by atoms with E-state index in [2.05, 4.69) is 11.3 Å². The molecule has 0 amide bonds. The van der Waals surface area contributed by atoms with Crippen LogP contribution in [0.2, 0.25) is 0 Å². The second-order valence-corrected chi connectivity index (χ2v) is 7.57. The predicted octanol–water partition coefficient (Wildman–Crippen LogP) is 1.21. The van der Waals surface area contributed by atoms with Crippen molar-refractivity contribution in [1.29, 1.82) is 0 Å². The van der Waals surface area contributed by atoms with Crippen LogP contribution in [0.25, 0.3) is 0 Å². The highest BCUT2D eigenvalue weighted by Gasteiger charge is 2.44. The summed E-state index contributed by atoms with van der Waals surface area (Å²) in [5.74, 6) is 0.181. The van der Waals surface area contributed by atoms with Gasteiger partial charge in [0.15, 0.2) is 0 Å². The molecule has 0 aliphatic heterocycles. The minimum Gasteiger partial charge on any atom is -0.459 e. The minimum atomic E-state index is -3.17. The van der Waals surface area contributed by atoms with Crippen molar-refractivity contribution in [3.05, 3.63) is 12.2 Å². The number of nitrogens with one attached hydrogen (secondary N) is 1. The quantitative estimate of drug-likeness (QED) is 0.623. The zero-order valence-electron chi connectivity index (χ0n) is 11.4. The number of carbonyl (C=O) groups is 1. The van der Waals surface area contributed by atoms with E-state index in [1.54, 1.807) is 6.92 Å². The summed E-state index contributed by atoms with van der Waals surface area (Å²) in [6, 6.07) is -0.00599. The highest BCUT2D eigenvalue weighted by atomic mass is 32.2. The standard InChI is InChI=1S/C13H21NO4S/c1-8(2)13(15)18-12-7-9-4-5-10(12)6-11(9)14-19(3,16)17/h9-12,14H,1,4-7H2,2-3H3. The zero-order valence-corrected chi connectivity index (χ0v) is 12.2. The van der Waals surface area contributed by atoms with Crippen molar-refractivity contribution >= 4 is 16.0 Å². The summed E-state index contributed by atoms with van der Waals surface area (Å²) in [6.45, 7) is 5.22. The SMILES string of the molecule is C=C(C)C(=O)OC1CC2CCC1CC2NS(C)(=O)=O. The largest absolute Gasteiger partial charge is 0.459 e. The lowest BCUT2D eigenvalue weighted by atomic mass is 9.66. The molecule has 3 saturated carbocycles. The maximum Gasteiger partial charge on any atom is 0.333 e. The Bertz CT molecular complexity index is 485. The van der Waals surface area contributed by atoms with Gasteiger partial charge < -0.3 is 4.74 Å². The lowest BCUT2D eigenvalue weighted by Gasteiger charge is -2.46. The van der Waals surface area contributed by atoms with Gasteiger partial charge in [0.25, 0.3) is 0 Å². The fourth-order valence-corrected chi connectivity index (χ4v) is 4.02. The monoisotopic (exact) mass is 287 g/mol. The van der Waals surface area contributed by atoms with Crippen LogP contribution in [0.4, 0.5) is 0 Å². The summed E-state index contributed by atoms with van der Waals surface area (Å²) < 4.78 is 30.8. The molecular formula is C13H21NO4S. The molecule has 0 aromatic heterocycles. The molecule has 3 rings (SSSR count). The Morgan fingerprint density at radius 3 is 2.37 bits per heavy atom. The summed E-state index contributed by atoms with van der Waals surface area (Å²) >= 11 is 0. The van der Waals surface area contributed by atoms with Gasteiger partial charge in [-0.3, -0.25) is 0 Å². The van der Waals surface area contributed by atoms with E-state index in [9.17, 15) is 13.2 Å². The Balaban J connectivity index is 1.98. The van der Waals surface area contributed by atoms with Gasteiger partial charge in [0, 0.05) is 11.6 Å². The third kappa shape index (κ3) is 3.57. The molecule has 3 aliphatic rings. The number of esters is 1. The van der Waals surface area contributed by atoms with Crippen molar-refractivity contribution in [2.24, 2.45) is 11.8 Å². The average Bonchev–Trinajstić information content (AvgIpc) is 2.28. The van der Waals surface area contributed by atoms with E-state index >= 15 is 0 Å². The number of ether oxygens (including phenoxy) is 1. The second-order valence-electron chi connectivity index (χ2n) is 5.79. The maximum absolute atomic E-state index is 11.6. The fraction of sp³-hybridized carbons (Fsp3) is 0.769. The van der Waals surface area contributed by atoms with Crippen molar-refractivity contribution < 1.29 is 17.9 Å². The van der Waals surface area contributed by atoms with Crippen LogP contribution in [0.5, 0.6) is 0 Å². The molecular weight excluding hydrogens is 266 g/mol. The Hall–Kier alpha value is -0.880. The highest BCUT2D eigenvalue weighted by Crippen LogP contribution is 2.43. The van der Waals surface area contributed by atoms with Gasteiger partial charge in [-0.15, -0.1) is 0 Å². The van der Waals surface area contributed by atoms with Crippen molar-refractivity contribution in [2.45, 2.75) is 44.8 Å². The van der Waals surface area contributed by atoms with Crippen molar-refractivity contribution in [2.75, 3.05) is 6.26 Å². The van der Waals surface area contributed by atoms with Crippen LogP contribution in [0.1, 0.15) is 32.6 Å². The molecule has 19 heavy (non-hydrogen) atoms. The molecule has 6 heteroatoms. The molecule has 0 radical (unpaired) electrons. The van der Waals surface area contributed by atoms with E-state index in [1.165, 1.54) is 6.26 Å². The van der Waals surface area contributed by atoms with E-state index in [1.807, 2.05) is 0 Å². The smallest absolute Gasteiger partial charge is 0.333 e. The first-order valence-corrected chi connectivity index (χ1v) is 8.49. The molecule has 4 unspecified atom stereocenters. The van der Waals surface area contributed by atoms with Crippen LogP contribution in [-0.2, 0) is 19.6 Å². The number of hydrogen-bond donors (Lipinski definition) is 1. The summed E-state index contributed by atoms with van der Waals surface area (Å²) in [7, 11) is -3.17. The second kappa shape index (κ2) is 5.25. The van der Waals surface area contributed by atoms with Crippen LogP contribution < -0.4 is 4.72 Å². The predicted molar refractivity (Wildman–Crippen MR) is 71.9 cm³/mol. The summed E-state index contributed by atoms with van der Waals surface area (Å²) in [4.78, 5) is 11.6. The number of carbonyl (C=O) groups excluding carboxylic acids is 1. The molecule has 2 bridgehead atoms. The molecule has 5 nitrogen and oxygen atoms in total. The number of rotatable bonds is 4. The van der Waals surface area contributed by atoms with Gasteiger partial charge in [0.1, 0.15) is 6.10 Å². The number of hydrogen-bond acceptors (Lipinski definition) is 4. The van der Waals surface area contributed by atoms with Crippen molar-refractivity contribution in [1.82, 2.24) is 4.72 Å². The van der Waals surface area contributed by atoms with Gasteiger partial charge in [0.2, 0.25) is 10.0 Å². The van der Waals surface area contributed by atoms with Crippen molar-refractivity contribution in [3.63, 3.8) is 0 Å². The van der Waals surface area contributed by atoms with Crippen molar-refractivity contribution in [3.8, 4) is 0 Å². The maximum atomic E-state index is 11.6. The Morgan fingerprint density at radius 1 is 1.26 bits per heavy atom. The molecule has 4 atom stereocenters. The van der Waals surface area contributed by atoms with Crippen LogP contribution in [0.15, 0.2) is 12.2 Å². The Kier molecular flexibility index (Phi) is 4.01. The average molecular weight is 287 g/mol. The molecule has 0 heterocycles. The lowest BCUT2D eigenvalue weighted by Crippen LogP contribution is -2.52. The van der Waals surface area contributed by atoms with Gasteiger partial charge >= 0.3 is 5.97 Å². The van der Waals surface area contributed by atoms with Crippen LogP contribution in [0.3, 0.4) is 0 Å². The van der Waals surface area contributed by atoms with E-state index in [0.29, 0.717) is 5.57 Å². The molecule has 3 fully saturated rings. The zero-order chi connectivity index (χ0) is 14.2. The third-order valence-corrected chi connectivity index (χ3v) is 4.80. The van der Waals surface area contributed by atoms with Crippen LogP contribution in [-0.4, -0.2) is 32.8 Å². The summed E-state index contributed by atoms with van der Waals surface area (Å²) in [5, 5.41) is 0. The van der Waals surface area contributed by atoms with Gasteiger partial charge in [0.05, 0.1) is 6.26 Å². The van der Waals surface area contributed by atoms with Gasteiger partial charge in [-0.2, -0.15) is 0 Å². The highest BCUT2D eigenvalue weighted by molar-refractivity contribution is 7.88. The van der Waals surface area contributed by atoms with Crippen LogP contribution in [0, 0.1) is 11.8 Å². The molecule has 108 valence electrons. The van der Waals surface area contributed by atoms with Gasteiger partial charge in [-0.25, -0.2) is 17.9 Å². The van der Waals surface area contributed by atoms with Crippen LogP contribution >= 0.6 is 0 Å². The molecule has 0 aromatic rings. The minimum absolute atomic E-state index is 0.00599. The molecule has 0 spiro atoms.